The molecule has 1 N–H and O–H groups in total. The monoisotopic (exact) mass is 284 g/mol. The van der Waals surface area contributed by atoms with Gasteiger partial charge in [0, 0.05) is 43.5 Å². The lowest BCUT2D eigenvalue weighted by atomic mass is 10.1. The molecule has 0 saturated carbocycles. The Kier molecular flexibility index (Phi) is 7.21. The third-order valence-electron chi connectivity index (χ3n) is 2.93. The van der Waals surface area contributed by atoms with Gasteiger partial charge in [-0.25, -0.2) is 0 Å². The highest BCUT2D eigenvalue weighted by Crippen LogP contribution is 2.23. The van der Waals surface area contributed by atoms with Crippen LogP contribution in [0.5, 0.6) is 0 Å². The molecule has 1 aromatic carbocycles. The lowest BCUT2D eigenvalue weighted by Crippen LogP contribution is -2.26. The number of rotatable bonds is 8. The molecule has 0 atom stereocenters. The molecule has 0 spiro atoms. The number of hydrogen-bond donors (Lipinski definition) is 1. The van der Waals surface area contributed by atoms with Gasteiger partial charge in [-0.2, -0.15) is 0 Å². The standard InChI is InChI=1S/C15H25ClN2O/c1-5-19-9-8-18(4)15-7-6-14(16)10-13(15)11-17-12(2)3/h6-7,10,12,17H,5,8-9,11H2,1-4H3. The Bertz CT molecular complexity index is 382. The molecule has 108 valence electrons. The smallest absolute Gasteiger partial charge is 0.0641 e. The molecule has 0 saturated heterocycles. The highest BCUT2D eigenvalue weighted by molar-refractivity contribution is 6.30. The molecule has 4 heteroatoms. The summed E-state index contributed by atoms with van der Waals surface area (Å²) in [5, 5.41) is 4.22. The fourth-order valence-electron chi connectivity index (χ4n) is 1.85. The van der Waals surface area contributed by atoms with Crippen LogP contribution in [-0.4, -0.2) is 32.8 Å². The van der Waals surface area contributed by atoms with Gasteiger partial charge in [0.15, 0.2) is 0 Å². The van der Waals surface area contributed by atoms with Gasteiger partial charge in [0.1, 0.15) is 0 Å². The van der Waals surface area contributed by atoms with Gasteiger partial charge in [0.2, 0.25) is 0 Å². The van der Waals surface area contributed by atoms with Gasteiger partial charge in [-0.15, -0.1) is 0 Å². The first-order valence-corrected chi connectivity index (χ1v) is 7.23. The molecule has 0 bridgehead atoms. The predicted octanol–water partition coefficient (Wildman–Crippen LogP) is 3.31. The van der Waals surface area contributed by atoms with Crippen LogP contribution >= 0.6 is 11.6 Å². The van der Waals surface area contributed by atoms with Gasteiger partial charge in [-0.1, -0.05) is 25.4 Å². The summed E-state index contributed by atoms with van der Waals surface area (Å²) in [6.45, 7) is 9.51. The van der Waals surface area contributed by atoms with Gasteiger partial charge < -0.3 is 15.0 Å². The molecule has 0 amide bonds. The number of nitrogens with zero attached hydrogens (tertiary/aromatic N) is 1. The normalized spacial score (nSPS) is 11.1. The zero-order valence-electron chi connectivity index (χ0n) is 12.4. The van der Waals surface area contributed by atoms with Crippen molar-refractivity contribution in [2.24, 2.45) is 0 Å². The van der Waals surface area contributed by atoms with E-state index in [-0.39, 0.29) is 0 Å². The van der Waals surface area contributed by atoms with Crippen molar-refractivity contribution in [1.82, 2.24) is 5.32 Å². The van der Waals surface area contributed by atoms with Crippen LogP contribution in [0.15, 0.2) is 18.2 Å². The van der Waals surface area contributed by atoms with Crippen LogP contribution in [0.25, 0.3) is 0 Å². The number of hydrogen-bond acceptors (Lipinski definition) is 3. The Morgan fingerprint density at radius 3 is 2.74 bits per heavy atom. The van der Waals surface area contributed by atoms with E-state index in [2.05, 4.69) is 37.2 Å². The van der Waals surface area contributed by atoms with E-state index in [1.165, 1.54) is 11.3 Å². The molecular formula is C15H25ClN2O. The molecule has 0 aliphatic heterocycles. The number of benzene rings is 1. The van der Waals surface area contributed by atoms with E-state index in [0.717, 1.165) is 31.3 Å². The summed E-state index contributed by atoms with van der Waals surface area (Å²) in [5.74, 6) is 0. The Morgan fingerprint density at radius 1 is 1.37 bits per heavy atom. The van der Waals surface area contributed by atoms with Crippen molar-refractivity contribution in [1.29, 1.82) is 0 Å². The van der Waals surface area contributed by atoms with Crippen molar-refractivity contribution >= 4 is 17.3 Å². The molecule has 0 radical (unpaired) electrons. The first kappa shape index (κ1) is 16.3. The average Bonchev–Trinajstić information content (AvgIpc) is 2.36. The summed E-state index contributed by atoms with van der Waals surface area (Å²) in [7, 11) is 2.08. The Labute approximate surface area is 121 Å². The molecule has 1 aromatic rings. The molecule has 0 aliphatic carbocycles. The summed E-state index contributed by atoms with van der Waals surface area (Å²) in [4.78, 5) is 2.21. The molecule has 0 aliphatic rings. The van der Waals surface area contributed by atoms with Crippen molar-refractivity contribution in [2.45, 2.75) is 33.4 Å². The minimum atomic E-state index is 0.459. The molecular weight excluding hydrogens is 260 g/mol. The molecule has 0 heterocycles. The van der Waals surface area contributed by atoms with Crippen LogP contribution < -0.4 is 10.2 Å². The van der Waals surface area contributed by atoms with E-state index < -0.39 is 0 Å². The Hall–Kier alpha value is -0.770. The number of likely N-dealkylation sites (N-methyl/N-ethyl adjacent to an activating group) is 1. The van der Waals surface area contributed by atoms with Crippen molar-refractivity contribution in [3.05, 3.63) is 28.8 Å². The summed E-state index contributed by atoms with van der Waals surface area (Å²) in [5.41, 5.74) is 2.43. The number of halogens is 1. The zero-order valence-corrected chi connectivity index (χ0v) is 13.1. The maximum atomic E-state index is 6.09. The van der Waals surface area contributed by atoms with Crippen molar-refractivity contribution in [3.63, 3.8) is 0 Å². The number of nitrogens with one attached hydrogen (secondary N) is 1. The lowest BCUT2D eigenvalue weighted by Gasteiger charge is -2.23. The molecule has 0 aromatic heterocycles. The van der Waals surface area contributed by atoms with Crippen LogP contribution in [0, 0.1) is 0 Å². The maximum absolute atomic E-state index is 6.09. The summed E-state index contributed by atoms with van der Waals surface area (Å²) in [6, 6.07) is 6.50. The van der Waals surface area contributed by atoms with Crippen molar-refractivity contribution in [3.8, 4) is 0 Å². The predicted molar refractivity (Wildman–Crippen MR) is 83.2 cm³/mol. The van der Waals surface area contributed by atoms with Gasteiger partial charge in [-0.05, 0) is 30.7 Å². The zero-order chi connectivity index (χ0) is 14.3. The first-order chi connectivity index (χ1) is 9.04. The summed E-state index contributed by atoms with van der Waals surface area (Å²) >= 11 is 6.09. The second kappa shape index (κ2) is 8.41. The minimum Gasteiger partial charge on any atom is -0.380 e. The molecule has 19 heavy (non-hydrogen) atoms. The van der Waals surface area contributed by atoms with Crippen LogP contribution in [0.2, 0.25) is 5.02 Å². The van der Waals surface area contributed by atoms with E-state index in [1.807, 2.05) is 19.1 Å². The largest absolute Gasteiger partial charge is 0.380 e. The molecule has 3 nitrogen and oxygen atoms in total. The van der Waals surface area contributed by atoms with E-state index in [1.54, 1.807) is 0 Å². The molecule has 0 unspecified atom stereocenters. The van der Waals surface area contributed by atoms with Crippen LogP contribution in [0.3, 0.4) is 0 Å². The third-order valence-corrected chi connectivity index (χ3v) is 3.16. The second-order valence-corrected chi connectivity index (χ2v) is 5.36. The molecule has 1 rings (SSSR count). The van der Waals surface area contributed by atoms with Crippen molar-refractivity contribution < 1.29 is 4.74 Å². The number of anilines is 1. The van der Waals surface area contributed by atoms with Crippen LogP contribution in [-0.2, 0) is 11.3 Å². The van der Waals surface area contributed by atoms with Crippen molar-refractivity contribution in [2.75, 3.05) is 31.7 Å². The maximum Gasteiger partial charge on any atom is 0.0641 e. The quantitative estimate of drug-likeness (QED) is 0.741. The van der Waals surface area contributed by atoms with E-state index >= 15 is 0 Å². The summed E-state index contributed by atoms with van der Waals surface area (Å²) < 4.78 is 5.40. The van der Waals surface area contributed by atoms with Crippen LogP contribution in [0.4, 0.5) is 5.69 Å². The molecule has 0 fully saturated rings. The highest BCUT2D eigenvalue weighted by atomic mass is 35.5. The SMILES string of the molecule is CCOCCN(C)c1ccc(Cl)cc1CNC(C)C. The van der Waals surface area contributed by atoms with Gasteiger partial charge in [0.05, 0.1) is 6.61 Å². The second-order valence-electron chi connectivity index (χ2n) is 4.93. The van der Waals surface area contributed by atoms with E-state index in [4.69, 9.17) is 16.3 Å². The number of ether oxygens (including phenoxy) is 1. The van der Waals surface area contributed by atoms with Gasteiger partial charge >= 0.3 is 0 Å². The topological polar surface area (TPSA) is 24.5 Å². The van der Waals surface area contributed by atoms with E-state index in [0.29, 0.717) is 6.04 Å². The Balaban J connectivity index is 2.74. The summed E-state index contributed by atoms with van der Waals surface area (Å²) in [6.07, 6.45) is 0. The fraction of sp³-hybridized carbons (Fsp3) is 0.600. The van der Waals surface area contributed by atoms with Crippen LogP contribution in [0.1, 0.15) is 26.3 Å². The first-order valence-electron chi connectivity index (χ1n) is 6.85. The van der Waals surface area contributed by atoms with Gasteiger partial charge in [0.25, 0.3) is 0 Å². The lowest BCUT2D eigenvalue weighted by molar-refractivity contribution is 0.154. The fourth-order valence-corrected chi connectivity index (χ4v) is 2.04. The highest BCUT2D eigenvalue weighted by Gasteiger charge is 2.08. The average molecular weight is 285 g/mol. The Morgan fingerprint density at radius 2 is 2.11 bits per heavy atom. The van der Waals surface area contributed by atoms with Gasteiger partial charge in [-0.3, -0.25) is 0 Å². The minimum absolute atomic E-state index is 0.459. The third kappa shape index (κ3) is 5.81. The van der Waals surface area contributed by atoms with E-state index in [9.17, 15) is 0 Å².